The van der Waals surface area contributed by atoms with Crippen molar-refractivity contribution in [2.75, 3.05) is 13.1 Å². The van der Waals surface area contributed by atoms with E-state index in [1.54, 1.807) is 0 Å². The highest BCUT2D eigenvalue weighted by molar-refractivity contribution is 7.89. The van der Waals surface area contributed by atoms with Gasteiger partial charge in [0.15, 0.2) is 0 Å². The lowest BCUT2D eigenvalue weighted by Crippen LogP contribution is -2.38. The first-order chi connectivity index (χ1) is 16.8. The predicted octanol–water partition coefficient (Wildman–Crippen LogP) is 6.67. The molecular formula is C28H28ClFN2O2S. The van der Waals surface area contributed by atoms with Gasteiger partial charge in [0.2, 0.25) is 10.0 Å². The van der Waals surface area contributed by atoms with Crippen molar-refractivity contribution in [2.24, 2.45) is 0 Å². The summed E-state index contributed by atoms with van der Waals surface area (Å²) in [7, 11) is -3.72. The van der Waals surface area contributed by atoms with Gasteiger partial charge in [-0.25, -0.2) is 12.8 Å². The molecule has 1 saturated heterocycles. The number of benzene rings is 3. The minimum absolute atomic E-state index is 0.0355. The fourth-order valence-corrected chi connectivity index (χ4v) is 7.05. The minimum Gasteiger partial charge on any atom is -0.340 e. The van der Waals surface area contributed by atoms with Gasteiger partial charge in [0, 0.05) is 36.2 Å². The highest BCUT2D eigenvalue weighted by Crippen LogP contribution is 2.39. The van der Waals surface area contributed by atoms with Crippen molar-refractivity contribution in [1.29, 1.82) is 0 Å². The summed E-state index contributed by atoms with van der Waals surface area (Å²) >= 11 is 5.84. The molecule has 1 aromatic heterocycles. The number of sulfonamides is 1. The molecule has 1 aliphatic rings. The minimum atomic E-state index is -3.72. The summed E-state index contributed by atoms with van der Waals surface area (Å²) in [6.45, 7) is 5.95. The molecule has 0 N–H and O–H groups in total. The molecule has 2 heterocycles. The van der Waals surface area contributed by atoms with Crippen LogP contribution in [-0.2, 0) is 16.6 Å². The number of halogens is 2. The summed E-state index contributed by atoms with van der Waals surface area (Å²) in [5.74, 6) is -0.358. The highest BCUT2D eigenvalue weighted by atomic mass is 35.5. The number of fused-ring (bicyclic) bond motifs is 1. The van der Waals surface area contributed by atoms with Crippen LogP contribution in [0.15, 0.2) is 71.6 Å². The van der Waals surface area contributed by atoms with Crippen LogP contribution >= 0.6 is 11.6 Å². The van der Waals surface area contributed by atoms with Crippen molar-refractivity contribution in [2.45, 2.75) is 44.0 Å². The van der Waals surface area contributed by atoms with Gasteiger partial charge >= 0.3 is 0 Å². The summed E-state index contributed by atoms with van der Waals surface area (Å²) in [4.78, 5) is 0.0355. The zero-order valence-electron chi connectivity index (χ0n) is 19.8. The molecule has 0 unspecified atom stereocenters. The van der Waals surface area contributed by atoms with E-state index < -0.39 is 15.8 Å². The molecule has 0 bridgehead atoms. The Kier molecular flexibility index (Phi) is 6.47. The molecule has 0 amide bonds. The fourth-order valence-electron chi connectivity index (χ4n) is 5.31. The second kappa shape index (κ2) is 9.41. The number of nitrogens with zero attached hydrogens (tertiary/aromatic N) is 2. The van der Waals surface area contributed by atoms with Crippen LogP contribution in [0.25, 0.3) is 10.9 Å². The smallest absolute Gasteiger partial charge is 0.243 e. The molecule has 0 atom stereocenters. The van der Waals surface area contributed by atoms with Gasteiger partial charge < -0.3 is 4.57 Å². The Morgan fingerprint density at radius 1 is 0.971 bits per heavy atom. The number of aromatic nitrogens is 1. The van der Waals surface area contributed by atoms with E-state index in [1.165, 1.54) is 49.7 Å². The number of hydrogen-bond acceptors (Lipinski definition) is 2. The quantitative estimate of drug-likeness (QED) is 0.301. The molecular weight excluding hydrogens is 483 g/mol. The zero-order valence-corrected chi connectivity index (χ0v) is 21.4. The van der Waals surface area contributed by atoms with Crippen molar-refractivity contribution in [3.05, 3.63) is 100.0 Å². The van der Waals surface area contributed by atoms with Gasteiger partial charge in [-0.05, 0) is 73.6 Å². The largest absolute Gasteiger partial charge is 0.340 e. The van der Waals surface area contributed by atoms with Gasteiger partial charge in [0.25, 0.3) is 0 Å². The number of rotatable bonds is 5. The third kappa shape index (κ3) is 4.39. The van der Waals surface area contributed by atoms with Crippen LogP contribution in [0.5, 0.6) is 0 Å². The molecule has 4 aromatic rings. The summed E-state index contributed by atoms with van der Waals surface area (Å²) in [6.07, 6.45) is 1.46. The highest BCUT2D eigenvalue weighted by Gasteiger charge is 2.32. The van der Waals surface area contributed by atoms with Gasteiger partial charge in [-0.15, -0.1) is 0 Å². The standard InChI is InChI=1S/C28H28ClFN2O2S/c1-19-7-3-4-8-22(19)18-32-20(2)28(24-9-5-6-10-27(24)32)21-13-15-31(16-14-21)35(33,34)23-11-12-26(30)25(29)17-23/h3-12,17,21H,13-16,18H2,1-2H3. The Morgan fingerprint density at radius 3 is 2.37 bits per heavy atom. The van der Waals surface area contributed by atoms with Crippen molar-refractivity contribution in [3.63, 3.8) is 0 Å². The molecule has 0 radical (unpaired) electrons. The second-order valence-electron chi connectivity index (χ2n) is 9.28. The maximum atomic E-state index is 13.6. The zero-order chi connectivity index (χ0) is 24.7. The molecule has 4 nitrogen and oxygen atoms in total. The first-order valence-electron chi connectivity index (χ1n) is 11.8. The lowest BCUT2D eigenvalue weighted by Gasteiger charge is -2.31. The number of piperidine rings is 1. The van der Waals surface area contributed by atoms with E-state index in [9.17, 15) is 12.8 Å². The molecule has 5 rings (SSSR count). The van der Waals surface area contributed by atoms with Crippen molar-refractivity contribution in [1.82, 2.24) is 8.87 Å². The predicted molar refractivity (Wildman–Crippen MR) is 139 cm³/mol. The Labute approximate surface area is 211 Å². The van der Waals surface area contributed by atoms with Gasteiger partial charge in [-0.3, -0.25) is 0 Å². The molecule has 1 fully saturated rings. The normalized spacial score (nSPS) is 15.7. The van der Waals surface area contributed by atoms with Gasteiger partial charge in [-0.2, -0.15) is 4.31 Å². The molecule has 7 heteroatoms. The molecule has 0 saturated carbocycles. The van der Waals surface area contributed by atoms with E-state index in [0.29, 0.717) is 13.1 Å². The van der Waals surface area contributed by atoms with Crippen molar-refractivity contribution < 1.29 is 12.8 Å². The third-order valence-corrected chi connectivity index (χ3v) is 9.44. The van der Waals surface area contributed by atoms with E-state index in [-0.39, 0.29) is 15.8 Å². The first kappa shape index (κ1) is 24.0. The van der Waals surface area contributed by atoms with E-state index in [1.807, 2.05) is 0 Å². The van der Waals surface area contributed by atoms with E-state index >= 15 is 0 Å². The van der Waals surface area contributed by atoms with E-state index in [2.05, 4.69) is 66.9 Å². The van der Waals surface area contributed by atoms with Crippen LogP contribution in [0, 0.1) is 19.7 Å². The monoisotopic (exact) mass is 510 g/mol. The fraction of sp³-hybridized carbons (Fsp3) is 0.286. The van der Waals surface area contributed by atoms with Crippen LogP contribution in [0.1, 0.15) is 41.1 Å². The van der Waals surface area contributed by atoms with Crippen LogP contribution < -0.4 is 0 Å². The topological polar surface area (TPSA) is 42.3 Å². The molecule has 0 spiro atoms. The third-order valence-electron chi connectivity index (χ3n) is 7.26. The molecule has 3 aromatic carbocycles. The Bertz CT molecular complexity index is 1500. The molecule has 35 heavy (non-hydrogen) atoms. The summed E-state index contributed by atoms with van der Waals surface area (Å²) in [5.41, 5.74) is 6.32. The van der Waals surface area contributed by atoms with Gasteiger partial charge in [0.05, 0.1) is 9.92 Å². The van der Waals surface area contributed by atoms with Gasteiger partial charge in [-0.1, -0.05) is 54.1 Å². The first-order valence-corrected chi connectivity index (χ1v) is 13.7. The Hall–Kier alpha value is -2.67. The van der Waals surface area contributed by atoms with Crippen LogP contribution in [0.2, 0.25) is 5.02 Å². The van der Waals surface area contributed by atoms with Crippen LogP contribution in [0.3, 0.4) is 0 Å². The average molecular weight is 511 g/mol. The Morgan fingerprint density at radius 2 is 1.66 bits per heavy atom. The van der Waals surface area contributed by atoms with Crippen molar-refractivity contribution >= 4 is 32.5 Å². The number of aryl methyl sites for hydroxylation is 1. The van der Waals surface area contributed by atoms with Gasteiger partial charge in [0.1, 0.15) is 5.82 Å². The summed E-state index contributed by atoms with van der Waals surface area (Å²) in [5, 5.41) is 1.06. The Balaban J connectivity index is 1.43. The summed E-state index contributed by atoms with van der Waals surface area (Å²) < 4.78 is 43.7. The van der Waals surface area contributed by atoms with E-state index in [0.717, 1.165) is 25.5 Å². The number of para-hydroxylation sites is 1. The molecule has 0 aliphatic carbocycles. The number of hydrogen-bond donors (Lipinski definition) is 0. The lowest BCUT2D eigenvalue weighted by molar-refractivity contribution is 0.319. The SMILES string of the molecule is Cc1ccccc1Cn1c(C)c(C2CCN(S(=O)(=O)c3ccc(F)c(Cl)c3)CC2)c2ccccc21. The maximum Gasteiger partial charge on any atom is 0.243 e. The van der Waals surface area contributed by atoms with Crippen LogP contribution in [0.4, 0.5) is 4.39 Å². The van der Waals surface area contributed by atoms with Crippen LogP contribution in [-0.4, -0.2) is 30.4 Å². The van der Waals surface area contributed by atoms with E-state index in [4.69, 9.17) is 11.6 Å². The van der Waals surface area contributed by atoms with Crippen molar-refractivity contribution in [3.8, 4) is 0 Å². The second-order valence-corrected chi connectivity index (χ2v) is 11.6. The molecule has 1 aliphatic heterocycles. The average Bonchev–Trinajstić information content (AvgIpc) is 3.13. The summed E-state index contributed by atoms with van der Waals surface area (Å²) in [6, 6.07) is 20.5. The maximum absolute atomic E-state index is 13.6. The lowest BCUT2D eigenvalue weighted by atomic mass is 9.88. The molecule has 182 valence electrons.